The number of hydrogen-bond acceptors (Lipinski definition) is 5. The summed E-state index contributed by atoms with van der Waals surface area (Å²) in [5.74, 6) is -0.125. The number of nitrogens with one attached hydrogen (secondary N) is 1. The van der Waals surface area contributed by atoms with Crippen LogP contribution in [0.5, 0.6) is 0 Å². The van der Waals surface area contributed by atoms with E-state index < -0.39 is 0 Å². The number of amides is 1. The van der Waals surface area contributed by atoms with Crippen LogP contribution in [0.4, 0.5) is 0 Å². The van der Waals surface area contributed by atoms with E-state index in [4.69, 9.17) is 32.8 Å². The first-order valence-electron chi connectivity index (χ1n) is 9.30. The van der Waals surface area contributed by atoms with Crippen LogP contribution in [0.2, 0.25) is 10.0 Å². The average Bonchev–Trinajstić information content (AvgIpc) is 2.72. The Kier molecular flexibility index (Phi) is 7.89. The summed E-state index contributed by atoms with van der Waals surface area (Å²) in [5.41, 5.74) is 6.38. The Hall–Kier alpha value is -2.12. The molecule has 8 heteroatoms. The summed E-state index contributed by atoms with van der Waals surface area (Å²) in [5, 5.41) is 7.05. The standard InChI is InChI=1S/C21H23Cl2N3O3/c1-28-25-18(13-16-4-7-19(22)20(23)14-16)12-15-2-5-17(6-3-15)21(27)24-26-8-10-29-11-9-26/h2-7,14H,8-13H2,1H3,(H,24,27). The molecule has 2 aromatic rings. The van der Waals surface area contributed by atoms with E-state index in [9.17, 15) is 4.79 Å². The molecule has 0 atom stereocenters. The Morgan fingerprint density at radius 1 is 1.07 bits per heavy atom. The molecule has 6 nitrogen and oxygen atoms in total. The minimum Gasteiger partial charge on any atom is -0.399 e. The van der Waals surface area contributed by atoms with Crippen molar-refractivity contribution in [3.05, 3.63) is 69.2 Å². The van der Waals surface area contributed by atoms with Crippen LogP contribution in [-0.4, -0.2) is 50.0 Å². The van der Waals surface area contributed by atoms with E-state index in [1.165, 1.54) is 7.11 Å². The van der Waals surface area contributed by atoms with E-state index in [1.54, 1.807) is 6.07 Å². The van der Waals surface area contributed by atoms with Crippen LogP contribution in [-0.2, 0) is 22.4 Å². The van der Waals surface area contributed by atoms with E-state index in [1.807, 2.05) is 41.4 Å². The van der Waals surface area contributed by atoms with Gasteiger partial charge in [-0.15, -0.1) is 0 Å². The summed E-state index contributed by atoms with van der Waals surface area (Å²) in [7, 11) is 1.52. The number of oxime groups is 1. The summed E-state index contributed by atoms with van der Waals surface area (Å²) in [4.78, 5) is 17.4. The second-order valence-corrected chi connectivity index (χ2v) is 7.49. The van der Waals surface area contributed by atoms with Gasteiger partial charge < -0.3 is 9.57 Å². The quantitative estimate of drug-likeness (QED) is 0.531. The maximum atomic E-state index is 12.4. The lowest BCUT2D eigenvalue weighted by Gasteiger charge is -2.26. The van der Waals surface area contributed by atoms with Gasteiger partial charge in [-0.2, -0.15) is 0 Å². The fraction of sp³-hybridized carbons (Fsp3) is 0.333. The molecule has 29 heavy (non-hydrogen) atoms. The van der Waals surface area contributed by atoms with E-state index in [0.29, 0.717) is 54.8 Å². The smallest absolute Gasteiger partial charge is 0.265 e. The molecule has 1 amide bonds. The summed E-state index contributed by atoms with van der Waals surface area (Å²) in [6.07, 6.45) is 1.18. The Morgan fingerprint density at radius 3 is 2.38 bits per heavy atom. The molecule has 2 aromatic carbocycles. The van der Waals surface area contributed by atoms with Crippen LogP contribution in [0.3, 0.4) is 0 Å². The third-order valence-electron chi connectivity index (χ3n) is 4.51. The van der Waals surface area contributed by atoms with Crippen LogP contribution in [0.15, 0.2) is 47.6 Å². The summed E-state index contributed by atoms with van der Waals surface area (Å²) < 4.78 is 5.29. The number of carbonyl (C=O) groups is 1. The molecule has 1 aliphatic heterocycles. The predicted octanol–water partition coefficient (Wildman–Crippen LogP) is 3.76. The third-order valence-corrected chi connectivity index (χ3v) is 5.25. The van der Waals surface area contributed by atoms with Crippen molar-refractivity contribution in [1.29, 1.82) is 0 Å². The first-order chi connectivity index (χ1) is 14.0. The number of hydrogen-bond donors (Lipinski definition) is 1. The number of rotatable bonds is 7. The van der Waals surface area contributed by atoms with Crippen molar-refractivity contribution < 1.29 is 14.4 Å². The highest BCUT2D eigenvalue weighted by Gasteiger charge is 2.14. The second-order valence-electron chi connectivity index (χ2n) is 6.68. The van der Waals surface area contributed by atoms with E-state index >= 15 is 0 Å². The molecule has 0 bridgehead atoms. The zero-order chi connectivity index (χ0) is 20.6. The Balaban J connectivity index is 1.62. The molecule has 1 fully saturated rings. The maximum Gasteiger partial charge on any atom is 0.265 e. The Morgan fingerprint density at radius 2 is 1.72 bits per heavy atom. The highest BCUT2D eigenvalue weighted by Crippen LogP contribution is 2.23. The highest BCUT2D eigenvalue weighted by atomic mass is 35.5. The second kappa shape index (κ2) is 10.6. The van der Waals surface area contributed by atoms with Crippen LogP contribution in [0.1, 0.15) is 21.5 Å². The number of ether oxygens (including phenoxy) is 1. The molecule has 0 saturated carbocycles. The van der Waals surface area contributed by atoms with Crippen molar-refractivity contribution in [3.63, 3.8) is 0 Å². The molecule has 0 radical (unpaired) electrons. The monoisotopic (exact) mass is 435 g/mol. The van der Waals surface area contributed by atoms with Crippen LogP contribution in [0, 0.1) is 0 Å². The lowest BCUT2D eigenvalue weighted by atomic mass is 10.0. The number of hydrazine groups is 1. The molecule has 1 N–H and O–H groups in total. The number of nitrogens with zero attached hydrogens (tertiary/aromatic N) is 2. The van der Waals surface area contributed by atoms with Gasteiger partial charge in [0.15, 0.2) is 0 Å². The largest absolute Gasteiger partial charge is 0.399 e. The molecule has 3 rings (SSSR count). The van der Waals surface area contributed by atoms with E-state index in [2.05, 4.69) is 10.6 Å². The fourth-order valence-electron chi connectivity index (χ4n) is 3.03. The van der Waals surface area contributed by atoms with Crippen LogP contribution < -0.4 is 5.43 Å². The van der Waals surface area contributed by atoms with Gasteiger partial charge in [0.25, 0.3) is 5.91 Å². The molecule has 154 valence electrons. The number of halogens is 2. The van der Waals surface area contributed by atoms with Crippen molar-refractivity contribution in [3.8, 4) is 0 Å². The molecule has 0 unspecified atom stereocenters. The van der Waals surface area contributed by atoms with Crippen molar-refractivity contribution in [2.24, 2.45) is 5.16 Å². The van der Waals surface area contributed by atoms with Crippen molar-refractivity contribution in [1.82, 2.24) is 10.4 Å². The molecule has 1 aliphatic rings. The molecule has 1 saturated heterocycles. The average molecular weight is 436 g/mol. The SMILES string of the molecule is CON=C(Cc1ccc(C(=O)NN2CCOCC2)cc1)Cc1ccc(Cl)c(Cl)c1. The lowest BCUT2D eigenvalue weighted by Crippen LogP contribution is -2.48. The van der Waals surface area contributed by atoms with Crippen LogP contribution in [0.25, 0.3) is 0 Å². The summed E-state index contributed by atoms with van der Waals surface area (Å²) >= 11 is 12.1. The van der Waals surface area contributed by atoms with Gasteiger partial charge in [0.05, 0.1) is 29.0 Å². The summed E-state index contributed by atoms with van der Waals surface area (Å²) in [6, 6.07) is 13.0. The zero-order valence-electron chi connectivity index (χ0n) is 16.2. The minimum atomic E-state index is -0.125. The number of morpholine rings is 1. The van der Waals surface area contributed by atoms with E-state index in [-0.39, 0.29) is 5.91 Å². The van der Waals surface area contributed by atoms with Crippen LogP contribution >= 0.6 is 23.2 Å². The van der Waals surface area contributed by atoms with Gasteiger partial charge in [0.2, 0.25) is 0 Å². The third kappa shape index (κ3) is 6.44. The Labute approximate surface area is 180 Å². The lowest BCUT2D eigenvalue weighted by molar-refractivity contribution is 0.0126. The topological polar surface area (TPSA) is 63.2 Å². The van der Waals surface area contributed by atoms with E-state index in [0.717, 1.165) is 16.8 Å². The molecule has 0 spiro atoms. The molecule has 0 aromatic heterocycles. The minimum absolute atomic E-state index is 0.125. The normalized spacial score (nSPS) is 15.2. The van der Waals surface area contributed by atoms with Crippen molar-refractivity contribution in [2.75, 3.05) is 33.4 Å². The first kappa shape index (κ1) is 21.6. The Bertz CT molecular complexity index is 866. The van der Waals surface area contributed by atoms with Gasteiger partial charge in [-0.05, 0) is 35.4 Å². The van der Waals surface area contributed by atoms with Gasteiger partial charge in [-0.25, -0.2) is 5.01 Å². The van der Waals surface area contributed by atoms with Gasteiger partial charge in [0.1, 0.15) is 7.11 Å². The number of carbonyl (C=O) groups excluding carboxylic acids is 1. The highest BCUT2D eigenvalue weighted by molar-refractivity contribution is 6.42. The van der Waals surface area contributed by atoms with Crippen molar-refractivity contribution >= 4 is 34.8 Å². The van der Waals surface area contributed by atoms with Crippen molar-refractivity contribution in [2.45, 2.75) is 12.8 Å². The maximum absolute atomic E-state index is 12.4. The molecular weight excluding hydrogens is 413 g/mol. The first-order valence-corrected chi connectivity index (χ1v) is 10.1. The van der Waals surface area contributed by atoms with Gasteiger partial charge in [-0.3, -0.25) is 10.2 Å². The number of benzene rings is 2. The summed E-state index contributed by atoms with van der Waals surface area (Å²) in [6.45, 7) is 2.63. The predicted molar refractivity (Wildman–Crippen MR) is 115 cm³/mol. The zero-order valence-corrected chi connectivity index (χ0v) is 17.7. The molecule has 1 heterocycles. The molecular formula is C21H23Cl2N3O3. The van der Waals surface area contributed by atoms with Gasteiger partial charge in [-0.1, -0.05) is 46.6 Å². The van der Waals surface area contributed by atoms with Gasteiger partial charge >= 0.3 is 0 Å². The fourth-order valence-corrected chi connectivity index (χ4v) is 3.35. The molecule has 0 aliphatic carbocycles. The van der Waals surface area contributed by atoms with Gasteiger partial charge in [0, 0.05) is 31.5 Å².